The fourth-order valence-electron chi connectivity index (χ4n) is 2.48. The van der Waals surface area contributed by atoms with Crippen LogP contribution < -0.4 is 4.74 Å². The number of benzene rings is 1. The number of carboxylic acids is 1. The Morgan fingerprint density at radius 1 is 1.29 bits per heavy atom. The second-order valence-electron chi connectivity index (χ2n) is 4.82. The summed E-state index contributed by atoms with van der Waals surface area (Å²) in [6, 6.07) is 2.09. The van der Waals surface area contributed by atoms with Gasteiger partial charge < -0.3 is 14.7 Å². The molecule has 1 aliphatic rings. The van der Waals surface area contributed by atoms with Crippen molar-refractivity contribution < 1.29 is 19.4 Å². The molecule has 7 heteroatoms. The van der Waals surface area contributed by atoms with Gasteiger partial charge in [-0.3, -0.25) is 4.79 Å². The lowest BCUT2D eigenvalue weighted by Gasteiger charge is -2.33. The van der Waals surface area contributed by atoms with Crippen LogP contribution in [0.1, 0.15) is 29.6 Å². The molecule has 5 nitrogen and oxygen atoms in total. The summed E-state index contributed by atoms with van der Waals surface area (Å²) in [6.45, 7) is 0.414. The molecule has 0 bridgehead atoms. The fraction of sp³-hybridized carbons (Fsp3) is 0.429. The van der Waals surface area contributed by atoms with Crippen LogP contribution in [0.3, 0.4) is 0 Å². The van der Waals surface area contributed by atoms with E-state index in [1.54, 1.807) is 0 Å². The maximum atomic E-state index is 12.5. The highest BCUT2D eigenvalue weighted by Crippen LogP contribution is 2.34. The van der Waals surface area contributed by atoms with Crippen LogP contribution in [0.2, 0.25) is 10.0 Å². The van der Waals surface area contributed by atoms with Crippen LogP contribution in [0.5, 0.6) is 5.75 Å². The summed E-state index contributed by atoms with van der Waals surface area (Å²) < 4.78 is 5.03. The van der Waals surface area contributed by atoms with Crippen molar-refractivity contribution in [3.63, 3.8) is 0 Å². The molecule has 1 aromatic carbocycles. The number of aliphatic carboxylic acids is 1. The molecular formula is C14H15Cl2NO4. The van der Waals surface area contributed by atoms with Gasteiger partial charge in [-0.25, -0.2) is 4.79 Å². The van der Waals surface area contributed by atoms with Crippen molar-refractivity contribution in [2.24, 2.45) is 0 Å². The van der Waals surface area contributed by atoms with E-state index in [1.165, 1.54) is 24.1 Å². The van der Waals surface area contributed by atoms with Gasteiger partial charge in [0.05, 0.1) is 17.2 Å². The molecule has 1 fully saturated rings. The van der Waals surface area contributed by atoms with E-state index in [1.807, 2.05) is 0 Å². The average molecular weight is 332 g/mol. The zero-order valence-electron chi connectivity index (χ0n) is 11.4. The van der Waals surface area contributed by atoms with Gasteiger partial charge in [0, 0.05) is 12.1 Å². The monoisotopic (exact) mass is 331 g/mol. The third-order valence-corrected chi connectivity index (χ3v) is 4.06. The molecule has 1 saturated heterocycles. The van der Waals surface area contributed by atoms with Crippen LogP contribution in [0.4, 0.5) is 0 Å². The van der Waals surface area contributed by atoms with E-state index in [0.29, 0.717) is 18.7 Å². The maximum Gasteiger partial charge on any atom is 0.326 e. The summed E-state index contributed by atoms with van der Waals surface area (Å²) in [7, 11) is 1.43. The van der Waals surface area contributed by atoms with Crippen LogP contribution >= 0.6 is 23.2 Å². The Bertz CT molecular complexity index is 553. The Hall–Kier alpha value is -1.46. The van der Waals surface area contributed by atoms with Gasteiger partial charge in [0.15, 0.2) is 5.75 Å². The van der Waals surface area contributed by atoms with Crippen molar-refractivity contribution in [3.8, 4) is 5.75 Å². The Kier molecular flexibility index (Phi) is 4.96. The molecule has 1 heterocycles. The SMILES string of the molecule is COc1c(Cl)cc(C(=O)N2CCCC[C@H]2C(=O)O)cc1Cl. The molecule has 0 radical (unpaired) electrons. The number of ether oxygens (including phenoxy) is 1. The van der Waals surface area contributed by atoms with Gasteiger partial charge in [-0.2, -0.15) is 0 Å². The zero-order chi connectivity index (χ0) is 15.6. The van der Waals surface area contributed by atoms with E-state index in [2.05, 4.69) is 0 Å². The van der Waals surface area contributed by atoms with Crippen molar-refractivity contribution >= 4 is 35.1 Å². The van der Waals surface area contributed by atoms with Gasteiger partial charge >= 0.3 is 5.97 Å². The van der Waals surface area contributed by atoms with Crippen molar-refractivity contribution in [3.05, 3.63) is 27.7 Å². The lowest BCUT2D eigenvalue weighted by Crippen LogP contribution is -2.48. The first-order chi connectivity index (χ1) is 9.95. The second-order valence-corrected chi connectivity index (χ2v) is 5.64. The van der Waals surface area contributed by atoms with Crippen LogP contribution in [-0.4, -0.2) is 41.6 Å². The van der Waals surface area contributed by atoms with Crippen molar-refractivity contribution in [1.29, 1.82) is 0 Å². The molecule has 0 aromatic heterocycles. The van der Waals surface area contributed by atoms with Gasteiger partial charge in [-0.15, -0.1) is 0 Å². The standard InChI is InChI=1S/C14H15Cl2NO4/c1-21-12-9(15)6-8(7-10(12)16)13(18)17-5-3-2-4-11(17)14(19)20/h6-7,11H,2-5H2,1H3,(H,19,20)/t11-/m0/s1. The van der Waals surface area contributed by atoms with Crippen LogP contribution in [0, 0.1) is 0 Å². The number of rotatable bonds is 3. The van der Waals surface area contributed by atoms with E-state index >= 15 is 0 Å². The van der Waals surface area contributed by atoms with E-state index in [-0.39, 0.29) is 21.5 Å². The van der Waals surface area contributed by atoms with Gasteiger partial charge in [-0.05, 0) is 31.4 Å². The predicted octanol–water partition coefficient (Wildman–Crippen LogP) is 3.08. The van der Waals surface area contributed by atoms with Crippen molar-refractivity contribution in [2.75, 3.05) is 13.7 Å². The average Bonchev–Trinajstić information content (AvgIpc) is 2.46. The third kappa shape index (κ3) is 3.24. The van der Waals surface area contributed by atoms with Gasteiger partial charge in [0.1, 0.15) is 6.04 Å². The molecule has 1 N–H and O–H groups in total. The molecule has 0 unspecified atom stereocenters. The molecule has 2 rings (SSSR count). The van der Waals surface area contributed by atoms with E-state index < -0.39 is 12.0 Å². The number of carbonyl (C=O) groups is 2. The highest BCUT2D eigenvalue weighted by atomic mass is 35.5. The van der Waals surface area contributed by atoms with Gasteiger partial charge in [0.25, 0.3) is 5.91 Å². The molecule has 0 saturated carbocycles. The summed E-state index contributed by atoms with van der Waals surface area (Å²) in [5.41, 5.74) is 0.263. The quantitative estimate of drug-likeness (QED) is 0.924. The minimum absolute atomic E-state index is 0.220. The summed E-state index contributed by atoms with van der Waals surface area (Å²) in [5, 5.41) is 9.67. The number of methoxy groups -OCH3 is 1. The van der Waals surface area contributed by atoms with E-state index in [4.69, 9.17) is 27.9 Å². The molecule has 1 aliphatic heterocycles. The topological polar surface area (TPSA) is 66.8 Å². The van der Waals surface area contributed by atoms with E-state index in [0.717, 1.165) is 12.8 Å². The van der Waals surface area contributed by atoms with Crippen LogP contribution in [-0.2, 0) is 4.79 Å². The second kappa shape index (κ2) is 6.54. The summed E-state index contributed by atoms with van der Waals surface area (Å²) >= 11 is 12.0. The van der Waals surface area contributed by atoms with Crippen molar-refractivity contribution in [2.45, 2.75) is 25.3 Å². The molecule has 21 heavy (non-hydrogen) atoms. The smallest absolute Gasteiger partial charge is 0.326 e. The number of hydrogen-bond acceptors (Lipinski definition) is 3. The number of likely N-dealkylation sites (tertiary alicyclic amines) is 1. The Labute approximate surface area is 132 Å². The van der Waals surface area contributed by atoms with Gasteiger partial charge in [-0.1, -0.05) is 23.2 Å². The first kappa shape index (κ1) is 15.9. The number of hydrogen-bond donors (Lipinski definition) is 1. The highest BCUT2D eigenvalue weighted by Gasteiger charge is 2.32. The largest absolute Gasteiger partial charge is 0.494 e. The third-order valence-electron chi connectivity index (χ3n) is 3.50. The number of piperidine rings is 1. The number of carbonyl (C=O) groups excluding carboxylic acids is 1. The van der Waals surface area contributed by atoms with E-state index in [9.17, 15) is 14.7 Å². The molecule has 1 aromatic rings. The van der Waals surface area contributed by atoms with Crippen LogP contribution in [0.25, 0.3) is 0 Å². The highest BCUT2D eigenvalue weighted by molar-refractivity contribution is 6.37. The lowest BCUT2D eigenvalue weighted by atomic mass is 10.0. The minimum atomic E-state index is -0.992. The molecule has 1 atom stereocenters. The fourth-order valence-corrected chi connectivity index (χ4v) is 3.12. The maximum absolute atomic E-state index is 12.5. The molecular weight excluding hydrogens is 317 g/mol. The molecule has 0 aliphatic carbocycles. The van der Waals surface area contributed by atoms with Gasteiger partial charge in [0.2, 0.25) is 0 Å². The summed E-state index contributed by atoms with van der Waals surface area (Å²) in [5.74, 6) is -1.08. The molecule has 114 valence electrons. The number of carboxylic acid groups (broad SMARTS) is 1. The lowest BCUT2D eigenvalue weighted by molar-refractivity contribution is -0.143. The summed E-state index contributed by atoms with van der Waals surface area (Å²) in [6.07, 6.45) is 2.04. The number of halogens is 2. The molecule has 0 spiro atoms. The van der Waals surface area contributed by atoms with Crippen LogP contribution in [0.15, 0.2) is 12.1 Å². The number of amides is 1. The first-order valence-electron chi connectivity index (χ1n) is 6.52. The zero-order valence-corrected chi connectivity index (χ0v) is 12.9. The number of nitrogens with zero attached hydrogens (tertiary/aromatic N) is 1. The predicted molar refractivity (Wildman–Crippen MR) is 79.3 cm³/mol. The Morgan fingerprint density at radius 3 is 2.43 bits per heavy atom. The molecule has 1 amide bonds. The Balaban J connectivity index is 2.32. The minimum Gasteiger partial charge on any atom is -0.494 e. The normalized spacial score (nSPS) is 18.4. The Morgan fingerprint density at radius 2 is 1.90 bits per heavy atom. The summed E-state index contributed by atoms with van der Waals surface area (Å²) in [4.78, 5) is 25.2. The van der Waals surface area contributed by atoms with Crippen molar-refractivity contribution in [1.82, 2.24) is 4.90 Å². The first-order valence-corrected chi connectivity index (χ1v) is 7.28.